The quantitative estimate of drug-likeness (QED) is 0.309. The van der Waals surface area contributed by atoms with Crippen LogP contribution >= 0.6 is 0 Å². The summed E-state index contributed by atoms with van der Waals surface area (Å²) in [6, 6.07) is 0. The van der Waals surface area contributed by atoms with E-state index in [4.69, 9.17) is 0 Å². The van der Waals surface area contributed by atoms with Crippen molar-refractivity contribution in [3.05, 3.63) is 0 Å². The third kappa shape index (κ3) is 1.13. The zero-order valence-electron chi connectivity index (χ0n) is 17.3. The zero-order valence-corrected chi connectivity index (χ0v) is 17.3. The van der Waals surface area contributed by atoms with Gasteiger partial charge in [0.1, 0.15) is 22.9 Å². The summed E-state index contributed by atoms with van der Waals surface area (Å²) >= 11 is 0. The molecule has 7 nitrogen and oxygen atoms in total. The second-order valence-corrected chi connectivity index (χ2v) is 11.5. The highest BCUT2D eigenvalue weighted by Crippen LogP contribution is 2.93. The van der Waals surface area contributed by atoms with Crippen LogP contribution in [0.5, 0.6) is 0 Å². The van der Waals surface area contributed by atoms with Crippen molar-refractivity contribution < 1.29 is 35.7 Å². The molecule has 6 fully saturated rings. The van der Waals surface area contributed by atoms with Crippen LogP contribution in [0.25, 0.3) is 0 Å². The molecule has 6 aliphatic rings. The van der Waals surface area contributed by atoms with E-state index < -0.39 is 62.4 Å². The summed E-state index contributed by atoms with van der Waals surface area (Å²) in [4.78, 5) is 0. The summed E-state index contributed by atoms with van der Waals surface area (Å²) in [5.74, 6) is -0.869. The lowest BCUT2D eigenvalue weighted by atomic mass is 9.47. The van der Waals surface area contributed by atoms with Gasteiger partial charge in [-0.2, -0.15) is 0 Å². The standard InChI is InChI=1S/C21H34O7/c1-10(2)19(26)13(23)20(27)14(4)8-16(24)9-17(21(20,28)15(16,19)5)12(22)11(3)6-7-18(14,17)25/h10-13,22-28H,6-9H2,1-5H3/t11?,12?,13?,14-,15?,16?,17?,18?,19?,20?,21?/m0/s1. The van der Waals surface area contributed by atoms with E-state index in [9.17, 15) is 35.7 Å². The van der Waals surface area contributed by atoms with Crippen LogP contribution in [-0.2, 0) is 0 Å². The summed E-state index contributed by atoms with van der Waals surface area (Å²) in [5, 5.41) is 83.1. The van der Waals surface area contributed by atoms with Gasteiger partial charge < -0.3 is 35.7 Å². The number of hydrogen-bond donors (Lipinski definition) is 7. The lowest BCUT2D eigenvalue weighted by molar-refractivity contribution is -0.290. The largest absolute Gasteiger partial charge is 0.392 e. The van der Waals surface area contributed by atoms with Crippen molar-refractivity contribution in [2.75, 3.05) is 0 Å². The highest BCUT2D eigenvalue weighted by Gasteiger charge is 3.07. The van der Waals surface area contributed by atoms with Crippen molar-refractivity contribution >= 4 is 0 Å². The fraction of sp³-hybridized carbons (Fsp3) is 1.00. The van der Waals surface area contributed by atoms with Gasteiger partial charge >= 0.3 is 0 Å². The maximum Gasteiger partial charge on any atom is 0.132 e. The minimum Gasteiger partial charge on any atom is -0.392 e. The summed E-state index contributed by atoms with van der Waals surface area (Å²) in [5.41, 5.74) is -14.8. The van der Waals surface area contributed by atoms with Crippen LogP contribution in [0.1, 0.15) is 60.3 Å². The van der Waals surface area contributed by atoms with Crippen LogP contribution in [0.3, 0.4) is 0 Å². The molecule has 1 spiro atoms. The fourth-order valence-electron chi connectivity index (χ4n) is 9.82. The second kappa shape index (κ2) is 4.35. The Morgan fingerprint density at radius 3 is 2.04 bits per heavy atom. The monoisotopic (exact) mass is 398 g/mol. The molecule has 0 radical (unpaired) electrons. The number of rotatable bonds is 1. The Kier molecular flexibility index (Phi) is 3.06. The predicted octanol–water partition coefficient (Wildman–Crippen LogP) is -0.717. The van der Waals surface area contributed by atoms with E-state index in [1.54, 1.807) is 20.8 Å². The highest BCUT2D eigenvalue weighted by molar-refractivity contribution is 5.56. The zero-order chi connectivity index (χ0) is 21.1. The SMILES string of the molecule is CC1CCC2(O)C3(CC4(O)C[C@]2(C)C2(O)C(O)C(O)(C(C)C)C4(C)C32O)C1O. The fourth-order valence-corrected chi connectivity index (χ4v) is 9.82. The third-order valence-corrected chi connectivity index (χ3v) is 11.1. The minimum absolute atomic E-state index is 0.0687. The number of aliphatic hydroxyl groups is 7. The van der Waals surface area contributed by atoms with Crippen molar-refractivity contribution in [2.45, 2.75) is 101 Å². The Morgan fingerprint density at radius 2 is 1.50 bits per heavy atom. The molecule has 0 aromatic heterocycles. The van der Waals surface area contributed by atoms with Gasteiger partial charge in [0.05, 0.1) is 28.1 Å². The first-order valence-electron chi connectivity index (χ1n) is 10.5. The van der Waals surface area contributed by atoms with Gasteiger partial charge in [0.25, 0.3) is 0 Å². The Labute approximate surface area is 165 Å². The van der Waals surface area contributed by atoms with E-state index in [0.717, 1.165) is 0 Å². The molecule has 0 saturated heterocycles. The molecule has 11 atom stereocenters. The lowest BCUT2D eigenvalue weighted by Gasteiger charge is -2.61. The van der Waals surface area contributed by atoms with Gasteiger partial charge in [-0.1, -0.05) is 34.6 Å². The van der Waals surface area contributed by atoms with Crippen molar-refractivity contribution in [2.24, 2.45) is 28.1 Å². The molecule has 6 saturated carbocycles. The van der Waals surface area contributed by atoms with Crippen LogP contribution < -0.4 is 0 Å². The molecule has 0 aromatic rings. The lowest BCUT2D eigenvalue weighted by Crippen LogP contribution is -2.72. The molecule has 6 aliphatic carbocycles. The Bertz CT molecular complexity index is 789. The van der Waals surface area contributed by atoms with Gasteiger partial charge in [-0.05, 0) is 37.5 Å². The van der Waals surface area contributed by atoms with E-state index in [0.29, 0.717) is 6.42 Å². The molecule has 0 aliphatic heterocycles. The molecular weight excluding hydrogens is 364 g/mol. The van der Waals surface area contributed by atoms with E-state index in [1.807, 2.05) is 6.92 Å². The van der Waals surface area contributed by atoms with E-state index in [2.05, 4.69) is 0 Å². The first-order chi connectivity index (χ1) is 12.6. The van der Waals surface area contributed by atoms with Gasteiger partial charge in [0.15, 0.2) is 0 Å². The molecule has 7 heteroatoms. The van der Waals surface area contributed by atoms with Crippen LogP contribution in [0.15, 0.2) is 0 Å². The van der Waals surface area contributed by atoms with E-state index >= 15 is 0 Å². The second-order valence-electron chi connectivity index (χ2n) is 11.5. The molecule has 0 aromatic carbocycles. The average molecular weight is 398 g/mol. The average Bonchev–Trinajstić information content (AvgIpc) is 2.84. The van der Waals surface area contributed by atoms with E-state index in [1.165, 1.54) is 6.92 Å². The van der Waals surface area contributed by atoms with Crippen molar-refractivity contribution in [3.8, 4) is 0 Å². The summed E-state index contributed by atoms with van der Waals surface area (Å²) in [6.07, 6.45) is -2.44. The molecule has 6 rings (SSSR count). The Hall–Kier alpha value is -0.280. The maximum atomic E-state index is 12.4. The molecule has 10 unspecified atom stereocenters. The molecule has 160 valence electrons. The maximum absolute atomic E-state index is 12.4. The van der Waals surface area contributed by atoms with Crippen molar-refractivity contribution in [3.63, 3.8) is 0 Å². The van der Waals surface area contributed by atoms with Crippen LogP contribution in [-0.4, -0.2) is 76.0 Å². The van der Waals surface area contributed by atoms with Gasteiger partial charge in [0, 0.05) is 5.41 Å². The van der Waals surface area contributed by atoms with Gasteiger partial charge in [0.2, 0.25) is 0 Å². The Balaban J connectivity index is 1.97. The molecule has 6 bridgehead atoms. The minimum atomic E-state index is -2.28. The molecule has 0 amide bonds. The van der Waals surface area contributed by atoms with Crippen LogP contribution in [0, 0.1) is 28.1 Å². The van der Waals surface area contributed by atoms with Gasteiger partial charge in [-0.15, -0.1) is 0 Å². The van der Waals surface area contributed by atoms with Crippen molar-refractivity contribution in [1.29, 1.82) is 0 Å². The van der Waals surface area contributed by atoms with Crippen LogP contribution in [0.2, 0.25) is 0 Å². The first kappa shape index (κ1) is 19.7. The molecule has 28 heavy (non-hydrogen) atoms. The molecule has 7 N–H and O–H groups in total. The van der Waals surface area contributed by atoms with Gasteiger partial charge in [-0.3, -0.25) is 0 Å². The summed E-state index contributed by atoms with van der Waals surface area (Å²) < 4.78 is 0. The van der Waals surface area contributed by atoms with E-state index in [-0.39, 0.29) is 25.2 Å². The molecule has 0 heterocycles. The third-order valence-electron chi connectivity index (χ3n) is 11.1. The van der Waals surface area contributed by atoms with Gasteiger partial charge in [-0.25, -0.2) is 0 Å². The molecular formula is C21H34O7. The van der Waals surface area contributed by atoms with Crippen LogP contribution in [0.4, 0.5) is 0 Å². The smallest absolute Gasteiger partial charge is 0.132 e. The number of hydrogen-bond acceptors (Lipinski definition) is 7. The van der Waals surface area contributed by atoms with Crippen molar-refractivity contribution in [1.82, 2.24) is 0 Å². The first-order valence-corrected chi connectivity index (χ1v) is 10.5. The topological polar surface area (TPSA) is 142 Å². The predicted molar refractivity (Wildman–Crippen MR) is 97.9 cm³/mol. The highest BCUT2D eigenvalue weighted by atomic mass is 16.4. The normalized spacial score (nSPS) is 72.1. The summed E-state index contributed by atoms with van der Waals surface area (Å²) in [6.45, 7) is 8.29. The summed E-state index contributed by atoms with van der Waals surface area (Å²) in [7, 11) is 0. The number of aliphatic hydroxyl groups excluding tert-OH is 2. The Morgan fingerprint density at radius 1 is 0.929 bits per heavy atom.